The summed E-state index contributed by atoms with van der Waals surface area (Å²) in [5.41, 5.74) is 0.644. The van der Waals surface area contributed by atoms with Crippen LogP contribution in [0, 0.1) is 5.92 Å². The fraction of sp³-hybridized carbons (Fsp3) is 0.500. The highest BCUT2D eigenvalue weighted by Gasteiger charge is 2.43. The first-order chi connectivity index (χ1) is 10.2. The van der Waals surface area contributed by atoms with Gasteiger partial charge in [0.1, 0.15) is 0 Å². The van der Waals surface area contributed by atoms with Gasteiger partial charge in [0.25, 0.3) is 5.91 Å². The summed E-state index contributed by atoms with van der Waals surface area (Å²) in [5.74, 6) is -0.0560. The maximum Gasteiger partial charge on any atom is 0.251 e. The zero-order chi connectivity index (χ0) is 14.8. The van der Waals surface area contributed by atoms with Gasteiger partial charge in [0.15, 0.2) is 0 Å². The van der Waals surface area contributed by atoms with Crippen molar-refractivity contribution >= 4 is 17.5 Å². The van der Waals surface area contributed by atoms with Crippen molar-refractivity contribution in [2.75, 3.05) is 24.6 Å². The average molecular weight is 288 g/mol. The van der Waals surface area contributed by atoms with E-state index in [2.05, 4.69) is 4.90 Å². The Morgan fingerprint density at radius 3 is 2.67 bits per heavy atom. The number of para-hydroxylation sites is 1. The molecule has 2 heterocycles. The Bertz CT molecular complexity index is 532. The smallest absolute Gasteiger partial charge is 0.251 e. The molecule has 0 spiro atoms. The molecule has 2 atom stereocenters. The molecule has 2 aliphatic heterocycles. The molecule has 0 radical (unpaired) electrons. The van der Waals surface area contributed by atoms with Crippen LogP contribution >= 0.6 is 0 Å². The number of hydrogen-bond donors (Lipinski definition) is 1. The lowest BCUT2D eigenvalue weighted by Gasteiger charge is -2.34. The summed E-state index contributed by atoms with van der Waals surface area (Å²) in [6.07, 6.45) is 2.20. The summed E-state index contributed by atoms with van der Waals surface area (Å²) in [6.45, 7) is 1.67. The second-order valence-electron chi connectivity index (χ2n) is 5.81. The maximum atomic E-state index is 12.6. The first-order valence-electron chi connectivity index (χ1n) is 7.47. The minimum absolute atomic E-state index is 0.134. The van der Waals surface area contributed by atoms with E-state index in [9.17, 15) is 14.7 Å². The molecule has 0 unspecified atom stereocenters. The molecule has 21 heavy (non-hydrogen) atoms. The van der Waals surface area contributed by atoms with Crippen molar-refractivity contribution in [3.05, 3.63) is 30.3 Å². The van der Waals surface area contributed by atoms with Gasteiger partial charge in [-0.15, -0.1) is 0 Å². The molecule has 5 nitrogen and oxygen atoms in total. The van der Waals surface area contributed by atoms with Crippen molar-refractivity contribution in [3.8, 4) is 0 Å². The van der Waals surface area contributed by atoms with Crippen LogP contribution in [0.25, 0.3) is 0 Å². The Morgan fingerprint density at radius 1 is 1.19 bits per heavy atom. The Balaban J connectivity index is 1.77. The average Bonchev–Trinajstić information content (AvgIpc) is 2.83. The van der Waals surface area contributed by atoms with Crippen molar-refractivity contribution < 1.29 is 14.7 Å². The lowest BCUT2D eigenvalue weighted by Crippen LogP contribution is -2.47. The molecular formula is C16H20N2O3. The quantitative estimate of drug-likeness (QED) is 0.844. The summed E-state index contributed by atoms with van der Waals surface area (Å²) in [4.78, 5) is 28.2. The van der Waals surface area contributed by atoms with Crippen LogP contribution < -0.4 is 4.90 Å². The topological polar surface area (TPSA) is 60.9 Å². The number of likely N-dealkylation sites (tertiary alicyclic amines) is 1. The highest BCUT2D eigenvalue weighted by molar-refractivity contribution is 6.22. The van der Waals surface area contributed by atoms with E-state index in [1.165, 1.54) is 4.90 Å². The number of carbonyl (C=O) groups is 2. The summed E-state index contributed by atoms with van der Waals surface area (Å²) < 4.78 is 0. The van der Waals surface area contributed by atoms with E-state index < -0.39 is 0 Å². The van der Waals surface area contributed by atoms with Gasteiger partial charge >= 0.3 is 0 Å². The van der Waals surface area contributed by atoms with Gasteiger partial charge in [-0.1, -0.05) is 18.2 Å². The van der Waals surface area contributed by atoms with E-state index in [-0.39, 0.29) is 36.8 Å². The summed E-state index contributed by atoms with van der Waals surface area (Å²) in [5, 5.41) is 9.31. The molecule has 2 aliphatic rings. The van der Waals surface area contributed by atoms with Gasteiger partial charge in [0.2, 0.25) is 5.91 Å². The number of carbonyl (C=O) groups excluding carboxylic acids is 2. The van der Waals surface area contributed by atoms with E-state index in [4.69, 9.17) is 0 Å². The van der Waals surface area contributed by atoms with Crippen molar-refractivity contribution in [1.29, 1.82) is 0 Å². The number of imide groups is 1. The molecule has 0 aromatic heterocycles. The number of amides is 2. The summed E-state index contributed by atoms with van der Waals surface area (Å²) >= 11 is 0. The minimum Gasteiger partial charge on any atom is -0.396 e. The van der Waals surface area contributed by atoms with E-state index in [0.717, 1.165) is 19.4 Å². The van der Waals surface area contributed by atoms with Gasteiger partial charge in [0, 0.05) is 13.2 Å². The lowest BCUT2D eigenvalue weighted by atomic mass is 9.97. The first kappa shape index (κ1) is 14.2. The Morgan fingerprint density at radius 2 is 1.95 bits per heavy atom. The Hall–Kier alpha value is -1.72. The predicted molar refractivity (Wildman–Crippen MR) is 78.7 cm³/mol. The zero-order valence-electron chi connectivity index (χ0n) is 11.9. The highest BCUT2D eigenvalue weighted by atomic mass is 16.3. The molecule has 2 amide bonds. The molecule has 1 aromatic rings. The van der Waals surface area contributed by atoms with Crippen LogP contribution in [-0.2, 0) is 9.59 Å². The van der Waals surface area contributed by atoms with E-state index in [1.54, 1.807) is 12.1 Å². The summed E-state index contributed by atoms with van der Waals surface area (Å²) in [7, 11) is 0. The molecule has 0 bridgehead atoms. The van der Waals surface area contributed by atoms with Gasteiger partial charge in [-0.2, -0.15) is 0 Å². The Kier molecular flexibility index (Phi) is 4.03. The lowest BCUT2D eigenvalue weighted by molar-refractivity contribution is -0.123. The van der Waals surface area contributed by atoms with Crippen LogP contribution in [0.3, 0.4) is 0 Å². The molecule has 2 fully saturated rings. The maximum absolute atomic E-state index is 12.6. The first-order valence-corrected chi connectivity index (χ1v) is 7.47. The monoisotopic (exact) mass is 288 g/mol. The number of aliphatic hydroxyl groups excluding tert-OH is 1. The minimum atomic E-state index is -0.368. The fourth-order valence-electron chi connectivity index (χ4n) is 3.28. The highest BCUT2D eigenvalue weighted by Crippen LogP contribution is 2.28. The number of benzene rings is 1. The molecular weight excluding hydrogens is 268 g/mol. The van der Waals surface area contributed by atoms with E-state index >= 15 is 0 Å². The largest absolute Gasteiger partial charge is 0.396 e. The fourth-order valence-corrected chi connectivity index (χ4v) is 3.28. The molecule has 3 rings (SSSR count). The number of hydrogen-bond acceptors (Lipinski definition) is 4. The van der Waals surface area contributed by atoms with Crippen molar-refractivity contribution in [2.45, 2.75) is 25.3 Å². The van der Waals surface area contributed by atoms with Gasteiger partial charge in [-0.3, -0.25) is 14.5 Å². The van der Waals surface area contributed by atoms with Gasteiger partial charge in [0.05, 0.1) is 18.2 Å². The van der Waals surface area contributed by atoms with Gasteiger partial charge in [-0.25, -0.2) is 4.90 Å². The van der Waals surface area contributed by atoms with Crippen molar-refractivity contribution in [1.82, 2.24) is 4.90 Å². The van der Waals surface area contributed by atoms with Crippen LogP contribution in [0.5, 0.6) is 0 Å². The molecule has 1 aromatic carbocycles. The number of aliphatic hydroxyl groups is 1. The third-order valence-electron chi connectivity index (χ3n) is 4.39. The standard InChI is InChI=1S/C16H20N2O3/c19-11-12-5-4-8-17(10-12)14-9-15(20)18(16(14)21)13-6-2-1-3-7-13/h1-3,6-7,12,14,19H,4-5,8-11H2/t12-,14-/m0/s1. The molecule has 1 N–H and O–H groups in total. The molecule has 0 saturated carbocycles. The van der Waals surface area contributed by atoms with Crippen LogP contribution in [0.2, 0.25) is 0 Å². The Labute approximate surface area is 124 Å². The second-order valence-corrected chi connectivity index (χ2v) is 5.81. The normalized spacial score (nSPS) is 27.4. The van der Waals surface area contributed by atoms with E-state index in [1.807, 2.05) is 18.2 Å². The van der Waals surface area contributed by atoms with Crippen molar-refractivity contribution in [2.24, 2.45) is 5.92 Å². The third kappa shape index (κ3) is 2.71. The van der Waals surface area contributed by atoms with Crippen molar-refractivity contribution in [3.63, 3.8) is 0 Å². The predicted octanol–water partition coefficient (Wildman–Crippen LogP) is 1.02. The molecule has 0 aliphatic carbocycles. The van der Waals surface area contributed by atoms with Gasteiger partial charge < -0.3 is 5.11 Å². The zero-order valence-corrected chi connectivity index (χ0v) is 11.9. The van der Waals surface area contributed by atoms with Crippen LogP contribution in [0.4, 0.5) is 5.69 Å². The second kappa shape index (κ2) is 5.95. The molecule has 2 saturated heterocycles. The molecule has 112 valence electrons. The number of anilines is 1. The number of rotatable bonds is 3. The van der Waals surface area contributed by atoms with Crippen LogP contribution in [0.15, 0.2) is 30.3 Å². The van der Waals surface area contributed by atoms with Crippen LogP contribution in [-0.4, -0.2) is 47.6 Å². The number of piperidine rings is 1. The third-order valence-corrected chi connectivity index (χ3v) is 4.39. The molecule has 5 heteroatoms. The van der Waals surface area contributed by atoms with E-state index in [0.29, 0.717) is 12.2 Å². The van der Waals surface area contributed by atoms with Crippen LogP contribution in [0.1, 0.15) is 19.3 Å². The summed E-state index contributed by atoms with van der Waals surface area (Å²) in [6, 6.07) is 8.71. The van der Waals surface area contributed by atoms with Gasteiger partial charge in [-0.05, 0) is 37.4 Å². The number of nitrogens with zero attached hydrogens (tertiary/aromatic N) is 2. The SMILES string of the molecule is O=C1C[C@H](N2CCC[C@H](CO)C2)C(=O)N1c1ccccc1.